The molecule has 0 aliphatic heterocycles. The average molecular weight is 330 g/mol. The smallest absolute Gasteiger partial charge is 0.242 e. The Morgan fingerprint density at radius 2 is 1.73 bits per heavy atom. The third-order valence-electron chi connectivity index (χ3n) is 3.55. The van der Waals surface area contributed by atoms with E-state index in [4.69, 9.17) is 0 Å². The number of nitrogens with zero attached hydrogens (tertiary/aromatic N) is 2. The van der Waals surface area contributed by atoms with E-state index in [1.807, 2.05) is 13.8 Å². The predicted octanol–water partition coefficient (Wildman–Crippen LogP) is 2.09. The van der Waals surface area contributed by atoms with Crippen LogP contribution in [-0.4, -0.2) is 50.2 Å². The van der Waals surface area contributed by atoms with Gasteiger partial charge in [-0.15, -0.1) is 0 Å². The number of halogens is 1. The van der Waals surface area contributed by atoms with Crippen LogP contribution in [0.25, 0.3) is 0 Å². The summed E-state index contributed by atoms with van der Waals surface area (Å²) in [7, 11) is -0.467. The standard InChI is InChI=1S/C15H23FN2O3S/c1-12(2)18(4)15(19)6-5-11-17(3)22(20,21)14-9-7-13(16)8-10-14/h7-10,12H,5-6,11H2,1-4H3. The van der Waals surface area contributed by atoms with Gasteiger partial charge in [-0.05, 0) is 44.5 Å². The first-order chi connectivity index (χ1) is 10.2. The molecule has 7 heteroatoms. The number of sulfonamides is 1. The lowest BCUT2D eigenvalue weighted by atomic mass is 10.2. The highest BCUT2D eigenvalue weighted by atomic mass is 32.2. The van der Waals surface area contributed by atoms with Gasteiger partial charge in [-0.3, -0.25) is 4.79 Å². The number of hydrogen-bond acceptors (Lipinski definition) is 3. The Balaban J connectivity index is 2.59. The quantitative estimate of drug-likeness (QED) is 0.769. The summed E-state index contributed by atoms with van der Waals surface area (Å²) in [6.45, 7) is 4.07. The molecular formula is C15H23FN2O3S. The minimum atomic E-state index is -3.65. The molecule has 124 valence electrons. The van der Waals surface area contributed by atoms with Crippen molar-refractivity contribution in [1.82, 2.24) is 9.21 Å². The molecule has 0 fully saturated rings. The van der Waals surface area contributed by atoms with Crippen molar-refractivity contribution in [3.8, 4) is 0 Å². The van der Waals surface area contributed by atoms with E-state index < -0.39 is 15.8 Å². The molecule has 0 radical (unpaired) electrons. The van der Waals surface area contributed by atoms with Crippen molar-refractivity contribution in [3.05, 3.63) is 30.1 Å². The van der Waals surface area contributed by atoms with Gasteiger partial charge in [-0.25, -0.2) is 17.1 Å². The number of rotatable bonds is 7. The number of amides is 1. The van der Waals surface area contributed by atoms with Crippen LogP contribution in [0.2, 0.25) is 0 Å². The topological polar surface area (TPSA) is 57.7 Å². The number of benzene rings is 1. The van der Waals surface area contributed by atoms with Crippen molar-refractivity contribution >= 4 is 15.9 Å². The van der Waals surface area contributed by atoms with Crippen LogP contribution in [0.1, 0.15) is 26.7 Å². The Labute approximate surface area is 131 Å². The zero-order valence-electron chi connectivity index (χ0n) is 13.4. The van der Waals surface area contributed by atoms with Crippen LogP contribution in [0, 0.1) is 5.82 Å². The van der Waals surface area contributed by atoms with E-state index in [9.17, 15) is 17.6 Å². The van der Waals surface area contributed by atoms with E-state index in [-0.39, 0.29) is 29.8 Å². The molecule has 0 aromatic heterocycles. The maximum Gasteiger partial charge on any atom is 0.242 e. The Morgan fingerprint density at radius 1 is 1.18 bits per heavy atom. The fraction of sp³-hybridized carbons (Fsp3) is 0.533. The molecule has 0 saturated carbocycles. The summed E-state index contributed by atoms with van der Waals surface area (Å²) in [6, 6.07) is 4.81. The Hall–Kier alpha value is -1.47. The van der Waals surface area contributed by atoms with E-state index in [2.05, 4.69) is 0 Å². The minimum Gasteiger partial charge on any atom is -0.343 e. The van der Waals surface area contributed by atoms with Crippen LogP contribution in [0.3, 0.4) is 0 Å². The van der Waals surface area contributed by atoms with Crippen LogP contribution in [0.15, 0.2) is 29.2 Å². The zero-order valence-corrected chi connectivity index (χ0v) is 14.2. The van der Waals surface area contributed by atoms with Gasteiger partial charge in [0.05, 0.1) is 4.90 Å². The van der Waals surface area contributed by atoms with Gasteiger partial charge in [-0.2, -0.15) is 0 Å². The molecule has 5 nitrogen and oxygen atoms in total. The largest absolute Gasteiger partial charge is 0.343 e. The van der Waals surface area contributed by atoms with Crippen LogP contribution in [0.4, 0.5) is 4.39 Å². The number of carbonyl (C=O) groups is 1. The normalized spacial score (nSPS) is 12.0. The van der Waals surface area contributed by atoms with Gasteiger partial charge in [-0.1, -0.05) is 0 Å². The van der Waals surface area contributed by atoms with E-state index in [1.54, 1.807) is 11.9 Å². The molecule has 0 heterocycles. The third kappa shape index (κ3) is 4.78. The Morgan fingerprint density at radius 3 is 2.23 bits per heavy atom. The summed E-state index contributed by atoms with van der Waals surface area (Å²) in [6.07, 6.45) is 0.727. The molecule has 0 aliphatic rings. The summed E-state index contributed by atoms with van der Waals surface area (Å²) < 4.78 is 38.6. The maximum absolute atomic E-state index is 12.9. The summed E-state index contributed by atoms with van der Waals surface area (Å²) >= 11 is 0. The van der Waals surface area contributed by atoms with Crippen molar-refractivity contribution in [2.24, 2.45) is 0 Å². The molecule has 22 heavy (non-hydrogen) atoms. The summed E-state index contributed by atoms with van der Waals surface area (Å²) in [5.74, 6) is -0.494. The van der Waals surface area contributed by atoms with Crippen LogP contribution >= 0.6 is 0 Å². The molecule has 0 saturated heterocycles. The van der Waals surface area contributed by atoms with E-state index in [0.29, 0.717) is 6.42 Å². The first-order valence-electron chi connectivity index (χ1n) is 7.14. The molecule has 0 aliphatic carbocycles. The van der Waals surface area contributed by atoms with Crippen LogP contribution in [-0.2, 0) is 14.8 Å². The SMILES string of the molecule is CC(C)N(C)C(=O)CCCN(C)S(=O)(=O)c1ccc(F)cc1. The summed E-state index contributed by atoms with van der Waals surface area (Å²) in [5.41, 5.74) is 0. The molecule has 1 aromatic carbocycles. The Kier molecular flexibility index (Phi) is 6.49. The second-order valence-electron chi connectivity index (χ2n) is 5.48. The average Bonchev–Trinajstić information content (AvgIpc) is 2.46. The van der Waals surface area contributed by atoms with Gasteiger partial charge >= 0.3 is 0 Å². The predicted molar refractivity (Wildman–Crippen MR) is 83.4 cm³/mol. The van der Waals surface area contributed by atoms with Crippen molar-refractivity contribution in [3.63, 3.8) is 0 Å². The summed E-state index contributed by atoms with van der Waals surface area (Å²) in [4.78, 5) is 13.5. The van der Waals surface area contributed by atoms with Gasteiger partial charge in [0.1, 0.15) is 5.82 Å². The monoisotopic (exact) mass is 330 g/mol. The molecule has 0 spiro atoms. The molecule has 1 amide bonds. The van der Waals surface area contributed by atoms with Gasteiger partial charge in [0, 0.05) is 33.1 Å². The van der Waals surface area contributed by atoms with Crippen molar-refractivity contribution in [2.45, 2.75) is 37.6 Å². The molecule has 0 bridgehead atoms. The number of hydrogen-bond donors (Lipinski definition) is 0. The van der Waals surface area contributed by atoms with Gasteiger partial charge in [0.2, 0.25) is 15.9 Å². The molecule has 0 atom stereocenters. The van der Waals surface area contributed by atoms with E-state index in [1.165, 1.54) is 23.5 Å². The van der Waals surface area contributed by atoms with Crippen LogP contribution in [0.5, 0.6) is 0 Å². The number of carbonyl (C=O) groups excluding carboxylic acids is 1. The summed E-state index contributed by atoms with van der Waals surface area (Å²) in [5, 5.41) is 0. The highest BCUT2D eigenvalue weighted by molar-refractivity contribution is 7.89. The fourth-order valence-electron chi connectivity index (χ4n) is 1.82. The zero-order chi connectivity index (χ0) is 16.9. The van der Waals surface area contributed by atoms with Gasteiger partial charge < -0.3 is 4.90 Å². The first-order valence-corrected chi connectivity index (χ1v) is 8.58. The second kappa shape index (κ2) is 7.69. The molecule has 0 N–H and O–H groups in total. The van der Waals surface area contributed by atoms with Gasteiger partial charge in [0.15, 0.2) is 0 Å². The Bertz CT molecular complexity index is 600. The second-order valence-corrected chi connectivity index (χ2v) is 7.53. The maximum atomic E-state index is 12.9. The third-order valence-corrected chi connectivity index (χ3v) is 5.42. The fourth-order valence-corrected chi connectivity index (χ4v) is 3.03. The van der Waals surface area contributed by atoms with E-state index >= 15 is 0 Å². The lowest BCUT2D eigenvalue weighted by Crippen LogP contribution is -2.34. The highest BCUT2D eigenvalue weighted by Gasteiger charge is 2.21. The molecule has 1 rings (SSSR count). The van der Waals surface area contributed by atoms with Crippen molar-refractivity contribution < 1.29 is 17.6 Å². The van der Waals surface area contributed by atoms with Crippen molar-refractivity contribution in [1.29, 1.82) is 0 Å². The van der Waals surface area contributed by atoms with Gasteiger partial charge in [0.25, 0.3) is 0 Å². The highest BCUT2D eigenvalue weighted by Crippen LogP contribution is 2.15. The lowest BCUT2D eigenvalue weighted by molar-refractivity contribution is -0.131. The lowest BCUT2D eigenvalue weighted by Gasteiger charge is -2.22. The minimum absolute atomic E-state index is 0.0115. The molecule has 0 unspecified atom stereocenters. The van der Waals surface area contributed by atoms with E-state index in [0.717, 1.165) is 12.1 Å². The first kappa shape index (κ1) is 18.6. The molecule has 1 aromatic rings. The van der Waals surface area contributed by atoms with Crippen molar-refractivity contribution in [2.75, 3.05) is 20.6 Å². The van der Waals surface area contributed by atoms with Crippen LogP contribution < -0.4 is 0 Å². The molecular weight excluding hydrogens is 307 g/mol.